The molecule has 0 saturated carbocycles. The SMILES string of the molecule is CCCc1nc2cnc3cc(O)ccc3c2s1. The third kappa shape index (κ3) is 1.74. The third-order valence-corrected chi connectivity index (χ3v) is 3.88. The summed E-state index contributed by atoms with van der Waals surface area (Å²) < 4.78 is 1.17. The van der Waals surface area contributed by atoms with Crippen molar-refractivity contribution in [3.8, 4) is 5.75 Å². The molecule has 3 rings (SSSR count). The number of rotatable bonds is 2. The molecule has 0 fully saturated rings. The van der Waals surface area contributed by atoms with Crippen LogP contribution in [-0.2, 0) is 6.42 Å². The lowest BCUT2D eigenvalue weighted by molar-refractivity contribution is 0.476. The second-order valence-electron chi connectivity index (χ2n) is 4.03. The molecular formula is C13H12N2OS. The van der Waals surface area contributed by atoms with Crippen molar-refractivity contribution in [3.05, 3.63) is 29.4 Å². The smallest absolute Gasteiger partial charge is 0.117 e. The summed E-state index contributed by atoms with van der Waals surface area (Å²) >= 11 is 1.72. The molecule has 1 aromatic carbocycles. The van der Waals surface area contributed by atoms with E-state index in [4.69, 9.17) is 0 Å². The molecule has 86 valence electrons. The highest BCUT2D eigenvalue weighted by molar-refractivity contribution is 7.19. The van der Waals surface area contributed by atoms with Crippen molar-refractivity contribution < 1.29 is 5.11 Å². The van der Waals surface area contributed by atoms with Gasteiger partial charge in [0, 0.05) is 11.5 Å². The van der Waals surface area contributed by atoms with E-state index in [0.29, 0.717) is 0 Å². The molecule has 0 bridgehead atoms. The third-order valence-electron chi connectivity index (χ3n) is 2.71. The van der Waals surface area contributed by atoms with Gasteiger partial charge in [0.25, 0.3) is 0 Å². The standard InChI is InChI=1S/C13H12N2OS/c1-2-3-12-15-11-7-14-10-6-8(16)4-5-9(10)13(11)17-12/h4-7,16H,2-3H2,1H3. The minimum absolute atomic E-state index is 0.252. The van der Waals surface area contributed by atoms with Gasteiger partial charge in [-0.15, -0.1) is 11.3 Å². The Balaban J connectivity index is 2.31. The lowest BCUT2D eigenvalue weighted by atomic mass is 10.2. The van der Waals surface area contributed by atoms with E-state index in [1.54, 1.807) is 29.7 Å². The van der Waals surface area contributed by atoms with Crippen LogP contribution in [0, 0.1) is 0 Å². The summed E-state index contributed by atoms with van der Waals surface area (Å²) in [6.07, 6.45) is 3.90. The minimum atomic E-state index is 0.252. The van der Waals surface area contributed by atoms with E-state index < -0.39 is 0 Å². The fourth-order valence-corrected chi connectivity index (χ4v) is 3.10. The van der Waals surface area contributed by atoms with Crippen LogP contribution in [0.4, 0.5) is 0 Å². The molecule has 3 nitrogen and oxygen atoms in total. The first-order valence-corrected chi connectivity index (χ1v) is 6.46. The van der Waals surface area contributed by atoms with Gasteiger partial charge in [0.05, 0.1) is 21.4 Å². The van der Waals surface area contributed by atoms with Crippen LogP contribution >= 0.6 is 11.3 Å². The van der Waals surface area contributed by atoms with Crippen LogP contribution in [-0.4, -0.2) is 15.1 Å². The summed E-state index contributed by atoms with van der Waals surface area (Å²) in [5, 5.41) is 11.7. The van der Waals surface area contributed by atoms with Crippen molar-refractivity contribution in [2.45, 2.75) is 19.8 Å². The maximum absolute atomic E-state index is 9.44. The van der Waals surface area contributed by atoms with Gasteiger partial charge in [-0.3, -0.25) is 4.98 Å². The zero-order valence-corrected chi connectivity index (χ0v) is 10.3. The Kier molecular flexibility index (Phi) is 2.44. The van der Waals surface area contributed by atoms with Crippen LogP contribution in [0.25, 0.3) is 21.1 Å². The zero-order chi connectivity index (χ0) is 11.8. The van der Waals surface area contributed by atoms with Crippen molar-refractivity contribution in [2.24, 2.45) is 0 Å². The highest BCUT2D eigenvalue weighted by Gasteiger charge is 2.08. The highest BCUT2D eigenvalue weighted by atomic mass is 32.1. The van der Waals surface area contributed by atoms with E-state index in [1.165, 1.54) is 4.70 Å². The average molecular weight is 244 g/mol. The number of benzene rings is 1. The molecule has 1 N–H and O–H groups in total. The molecule has 17 heavy (non-hydrogen) atoms. The van der Waals surface area contributed by atoms with Gasteiger partial charge >= 0.3 is 0 Å². The molecule has 3 aromatic rings. The fourth-order valence-electron chi connectivity index (χ4n) is 1.93. The monoisotopic (exact) mass is 244 g/mol. The predicted octanol–water partition coefficient (Wildman–Crippen LogP) is 3.50. The summed E-state index contributed by atoms with van der Waals surface area (Å²) in [4.78, 5) is 8.90. The number of aromatic hydroxyl groups is 1. The van der Waals surface area contributed by atoms with Crippen LogP contribution < -0.4 is 0 Å². The molecule has 0 atom stereocenters. The number of nitrogens with zero attached hydrogens (tertiary/aromatic N) is 2. The number of aromatic nitrogens is 2. The number of fused-ring (bicyclic) bond motifs is 3. The number of phenols is 1. The molecule has 0 radical (unpaired) electrons. The topological polar surface area (TPSA) is 46.0 Å². The van der Waals surface area contributed by atoms with Crippen molar-refractivity contribution in [1.29, 1.82) is 0 Å². The number of pyridine rings is 1. The van der Waals surface area contributed by atoms with E-state index in [2.05, 4.69) is 16.9 Å². The second-order valence-corrected chi connectivity index (χ2v) is 5.12. The van der Waals surface area contributed by atoms with E-state index in [1.807, 2.05) is 6.07 Å². The van der Waals surface area contributed by atoms with Gasteiger partial charge in [-0.25, -0.2) is 4.98 Å². The Bertz CT molecular complexity index is 690. The van der Waals surface area contributed by atoms with E-state index in [9.17, 15) is 5.11 Å². The van der Waals surface area contributed by atoms with Crippen molar-refractivity contribution >= 4 is 32.5 Å². The molecule has 0 amide bonds. The largest absolute Gasteiger partial charge is 0.508 e. The van der Waals surface area contributed by atoms with Gasteiger partial charge in [-0.2, -0.15) is 0 Å². The Hall–Kier alpha value is -1.68. The number of thiazole rings is 1. The zero-order valence-electron chi connectivity index (χ0n) is 9.47. The predicted molar refractivity (Wildman–Crippen MR) is 70.6 cm³/mol. The van der Waals surface area contributed by atoms with Gasteiger partial charge in [0.15, 0.2) is 0 Å². The van der Waals surface area contributed by atoms with Crippen LogP contribution in [0.5, 0.6) is 5.75 Å². The maximum Gasteiger partial charge on any atom is 0.117 e. The molecule has 0 aliphatic rings. The number of phenolic OH excluding ortho intramolecular Hbond substituents is 1. The highest BCUT2D eigenvalue weighted by Crippen LogP contribution is 2.30. The van der Waals surface area contributed by atoms with Crippen LogP contribution in [0.15, 0.2) is 24.4 Å². The molecule has 2 aromatic heterocycles. The Morgan fingerprint density at radius 1 is 1.29 bits per heavy atom. The molecule has 0 aliphatic carbocycles. The molecular weight excluding hydrogens is 232 g/mol. The van der Waals surface area contributed by atoms with Gasteiger partial charge in [0.1, 0.15) is 11.3 Å². The fraction of sp³-hybridized carbons (Fsp3) is 0.231. The summed E-state index contributed by atoms with van der Waals surface area (Å²) in [5.74, 6) is 0.252. The minimum Gasteiger partial charge on any atom is -0.508 e. The molecule has 0 aliphatic heterocycles. The number of hydrogen-bond donors (Lipinski definition) is 1. The Morgan fingerprint density at radius 3 is 3.00 bits per heavy atom. The Morgan fingerprint density at radius 2 is 2.18 bits per heavy atom. The summed E-state index contributed by atoms with van der Waals surface area (Å²) in [6, 6.07) is 5.30. The van der Waals surface area contributed by atoms with Gasteiger partial charge in [-0.05, 0) is 25.0 Å². The maximum atomic E-state index is 9.44. The quantitative estimate of drug-likeness (QED) is 0.750. The van der Waals surface area contributed by atoms with Gasteiger partial charge in [0.2, 0.25) is 0 Å². The lowest BCUT2D eigenvalue weighted by Crippen LogP contribution is -1.80. The molecule has 0 unspecified atom stereocenters. The van der Waals surface area contributed by atoms with Crippen LogP contribution in [0.3, 0.4) is 0 Å². The van der Waals surface area contributed by atoms with E-state index >= 15 is 0 Å². The molecule has 0 spiro atoms. The molecule has 0 saturated heterocycles. The summed E-state index contributed by atoms with van der Waals surface area (Å²) in [5.41, 5.74) is 1.78. The average Bonchev–Trinajstić information content (AvgIpc) is 2.72. The van der Waals surface area contributed by atoms with Crippen molar-refractivity contribution in [1.82, 2.24) is 9.97 Å². The second kappa shape index (κ2) is 3.96. The van der Waals surface area contributed by atoms with Crippen LogP contribution in [0.1, 0.15) is 18.4 Å². The first-order valence-electron chi connectivity index (χ1n) is 5.65. The van der Waals surface area contributed by atoms with Crippen molar-refractivity contribution in [3.63, 3.8) is 0 Å². The molecule has 2 heterocycles. The number of aryl methyl sites for hydroxylation is 1. The summed E-state index contributed by atoms with van der Waals surface area (Å²) in [6.45, 7) is 2.15. The van der Waals surface area contributed by atoms with E-state index in [0.717, 1.165) is 34.3 Å². The first kappa shape index (κ1) is 10.5. The Labute approximate surface area is 103 Å². The van der Waals surface area contributed by atoms with Crippen molar-refractivity contribution in [2.75, 3.05) is 0 Å². The summed E-state index contributed by atoms with van der Waals surface area (Å²) in [7, 11) is 0. The number of hydrogen-bond acceptors (Lipinski definition) is 4. The normalized spacial score (nSPS) is 11.4. The first-order chi connectivity index (χ1) is 8.28. The van der Waals surface area contributed by atoms with Gasteiger partial charge < -0.3 is 5.11 Å². The van der Waals surface area contributed by atoms with E-state index in [-0.39, 0.29) is 5.75 Å². The van der Waals surface area contributed by atoms with Crippen LogP contribution in [0.2, 0.25) is 0 Å². The van der Waals surface area contributed by atoms with Gasteiger partial charge in [-0.1, -0.05) is 6.92 Å². The molecule has 4 heteroatoms. The lowest BCUT2D eigenvalue weighted by Gasteiger charge is -1.98.